The van der Waals surface area contributed by atoms with Gasteiger partial charge in [0.15, 0.2) is 0 Å². The van der Waals surface area contributed by atoms with Crippen LogP contribution in [0.4, 0.5) is 32.0 Å². The topological polar surface area (TPSA) is 107 Å². The van der Waals surface area contributed by atoms with Crippen LogP contribution >= 0.6 is 0 Å². The van der Waals surface area contributed by atoms with Gasteiger partial charge in [-0.25, -0.2) is 4.90 Å². The van der Waals surface area contributed by atoms with Crippen molar-refractivity contribution < 1.29 is 56.0 Å². The SMILES string of the molecule is CC/C(=C\c1ccccc1O)CC[C@@H](O)C1=C(COc2ccccc2)C[C@H]2C(=O)N(c3cc(C(F)(F)F)cc(C(F)(F)F)c3)C(=O)[C@H]2[C@H]1CO. The van der Waals surface area contributed by atoms with Crippen LogP contribution in [0.25, 0.3) is 6.08 Å². The third-order valence-electron chi connectivity index (χ3n) is 9.22. The van der Waals surface area contributed by atoms with Crippen molar-refractivity contribution >= 4 is 23.6 Å². The third-order valence-corrected chi connectivity index (χ3v) is 9.22. The summed E-state index contributed by atoms with van der Waals surface area (Å²) >= 11 is 0. The van der Waals surface area contributed by atoms with Gasteiger partial charge in [-0.2, -0.15) is 26.3 Å². The summed E-state index contributed by atoms with van der Waals surface area (Å²) in [7, 11) is 0. The summed E-state index contributed by atoms with van der Waals surface area (Å²) in [5.41, 5.74) is -2.22. The zero-order valence-electron chi connectivity index (χ0n) is 26.8. The molecule has 2 amide bonds. The highest BCUT2D eigenvalue weighted by Gasteiger charge is 2.56. The lowest BCUT2D eigenvalue weighted by molar-refractivity contribution is -0.143. The minimum atomic E-state index is -5.21. The van der Waals surface area contributed by atoms with Gasteiger partial charge < -0.3 is 20.1 Å². The van der Waals surface area contributed by atoms with Crippen LogP contribution in [0.1, 0.15) is 49.3 Å². The van der Waals surface area contributed by atoms with E-state index in [2.05, 4.69) is 0 Å². The van der Waals surface area contributed by atoms with Gasteiger partial charge in [0.25, 0.3) is 0 Å². The Morgan fingerprint density at radius 2 is 1.56 bits per heavy atom. The summed E-state index contributed by atoms with van der Waals surface area (Å²) in [4.78, 5) is 28.0. The lowest BCUT2D eigenvalue weighted by Gasteiger charge is -2.36. The number of hydrogen-bond donors (Lipinski definition) is 3. The molecular formula is C37H35F6NO6. The fraction of sp³-hybridized carbons (Fsp3) is 0.351. The number of aromatic hydroxyl groups is 1. The molecule has 50 heavy (non-hydrogen) atoms. The third kappa shape index (κ3) is 7.73. The molecule has 0 aromatic heterocycles. The number of phenolic OH excluding ortho intramolecular Hbond substituents is 1. The highest BCUT2D eigenvalue weighted by atomic mass is 19.4. The number of para-hydroxylation sites is 2. The Labute approximate surface area is 284 Å². The zero-order chi connectivity index (χ0) is 36.4. The van der Waals surface area contributed by atoms with Gasteiger partial charge in [-0.3, -0.25) is 9.59 Å². The first kappa shape index (κ1) is 36.7. The molecule has 0 radical (unpaired) electrons. The van der Waals surface area contributed by atoms with Crippen LogP contribution in [-0.2, 0) is 21.9 Å². The van der Waals surface area contributed by atoms with E-state index in [0.29, 0.717) is 46.8 Å². The first-order chi connectivity index (χ1) is 23.6. The van der Waals surface area contributed by atoms with Crippen molar-refractivity contribution in [2.24, 2.45) is 17.8 Å². The zero-order valence-corrected chi connectivity index (χ0v) is 26.8. The van der Waals surface area contributed by atoms with Crippen molar-refractivity contribution in [2.45, 2.75) is 51.1 Å². The Balaban J connectivity index is 1.51. The molecule has 3 aromatic rings. The molecule has 7 nitrogen and oxygen atoms in total. The molecular weight excluding hydrogens is 668 g/mol. The largest absolute Gasteiger partial charge is 0.507 e. The molecule has 0 bridgehead atoms. The van der Waals surface area contributed by atoms with Crippen molar-refractivity contribution in [2.75, 3.05) is 18.1 Å². The number of amides is 2. The van der Waals surface area contributed by atoms with Crippen LogP contribution in [0, 0.1) is 17.8 Å². The van der Waals surface area contributed by atoms with Crippen LogP contribution in [0.15, 0.2) is 89.5 Å². The second-order valence-corrected chi connectivity index (χ2v) is 12.3. The van der Waals surface area contributed by atoms with Crippen LogP contribution < -0.4 is 9.64 Å². The number of carbonyl (C=O) groups is 2. The van der Waals surface area contributed by atoms with Crippen molar-refractivity contribution in [3.05, 3.63) is 106 Å². The number of hydrogen-bond acceptors (Lipinski definition) is 6. The summed E-state index contributed by atoms with van der Waals surface area (Å²) < 4.78 is 88.1. The summed E-state index contributed by atoms with van der Waals surface area (Å²) in [5, 5.41) is 32.5. The van der Waals surface area contributed by atoms with Gasteiger partial charge in [-0.1, -0.05) is 55.0 Å². The highest BCUT2D eigenvalue weighted by molar-refractivity contribution is 6.22. The first-order valence-electron chi connectivity index (χ1n) is 16.0. The lowest BCUT2D eigenvalue weighted by Crippen LogP contribution is -2.40. The number of allylic oxidation sites excluding steroid dienone is 1. The van der Waals surface area contributed by atoms with E-state index in [1.165, 1.54) is 6.07 Å². The van der Waals surface area contributed by atoms with Gasteiger partial charge in [0.2, 0.25) is 11.8 Å². The highest BCUT2D eigenvalue weighted by Crippen LogP contribution is 2.48. The molecule has 1 aliphatic heterocycles. The number of ether oxygens (including phenoxy) is 1. The summed E-state index contributed by atoms with van der Waals surface area (Å²) in [6.45, 7) is 0.974. The van der Waals surface area contributed by atoms with Crippen LogP contribution in [-0.4, -0.2) is 46.5 Å². The van der Waals surface area contributed by atoms with Crippen molar-refractivity contribution in [1.29, 1.82) is 0 Å². The van der Waals surface area contributed by atoms with Crippen molar-refractivity contribution in [1.82, 2.24) is 0 Å². The maximum Gasteiger partial charge on any atom is 0.416 e. The van der Waals surface area contributed by atoms with E-state index < -0.39 is 71.4 Å². The van der Waals surface area contributed by atoms with E-state index in [1.807, 2.05) is 6.92 Å². The van der Waals surface area contributed by atoms with E-state index in [-0.39, 0.29) is 36.8 Å². The number of aliphatic hydroxyl groups excluding tert-OH is 2. The molecule has 1 heterocycles. The summed E-state index contributed by atoms with van der Waals surface area (Å²) in [5.74, 6) is -5.40. The van der Waals surface area contributed by atoms with E-state index in [9.17, 15) is 51.3 Å². The molecule has 1 aliphatic carbocycles. The number of nitrogens with zero attached hydrogens (tertiary/aromatic N) is 1. The Kier molecular flexibility index (Phi) is 10.8. The number of anilines is 1. The molecule has 2 aliphatic rings. The van der Waals surface area contributed by atoms with Crippen LogP contribution in [0.2, 0.25) is 0 Å². The predicted octanol–water partition coefficient (Wildman–Crippen LogP) is 7.56. The molecule has 0 saturated carbocycles. The molecule has 3 N–H and O–H groups in total. The van der Waals surface area contributed by atoms with Gasteiger partial charge in [-0.15, -0.1) is 0 Å². The van der Waals surface area contributed by atoms with E-state index >= 15 is 0 Å². The lowest BCUT2D eigenvalue weighted by atomic mass is 9.68. The Bertz CT molecular complexity index is 1750. The number of alkyl halides is 6. The van der Waals surface area contributed by atoms with Crippen molar-refractivity contribution in [3.63, 3.8) is 0 Å². The first-order valence-corrected chi connectivity index (χ1v) is 16.0. The Hall–Kier alpha value is -4.62. The fourth-order valence-electron chi connectivity index (χ4n) is 6.76. The van der Waals surface area contributed by atoms with Gasteiger partial charge in [0.1, 0.15) is 18.1 Å². The quantitative estimate of drug-likeness (QED) is 0.108. The second-order valence-electron chi connectivity index (χ2n) is 12.3. The number of imide groups is 1. The number of phenols is 1. The van der Waals surface area contributed by atoms with Crippen LogP contribution in [0.3, 0.4) is 0 Å². The molecule has 266 valence electrons. The molecule has 4 atom stereocenters. The number of fused-ring (bicyclic) bond motifs is 1. The van der Waals surface area contributed by atoms with Gasteiger partial charge >= 0.3 is 12.4 Å². The average Bonchev–Trinajstić information content (AvgIpc) is 3.33. The van der Waals surface area contributed by atoms with Gasteiger partial charge in [0, 0.05) is 11.5 Å². The smallest absolute Gasteiger partial charge is 0.416 e. The minimum absolute atomic E-state index is 0.0674. The normalized spacial score (nSPS) is 20.7. The predicted molar refractivity (Wildman–Crippen MR) is 172 cm³/mol. The number of halogens is 6. The molecule has 1 fully saturated rings. The maximum absolute atomic E-state index is 13.9. The molecule has 0 unspecified atom stereocenters. The number of benzene rings is 3. The maximum atomic E-state index is 13.9. The van der Waals surface area contributed by atoms with E-state index in [0.717, 1.165) is 5.57 Å². The van der Waals surface area contributed by atoms with Crippen molar-refractivity contribution in [3.8, 4) is 11.5 Å². The monoisotopic (exact) mass is 703 g/mol. The summed E-state index contributed by atoms with van der Waals surface area (Å²) in [6, 6.07) is 15.8. The second kappa shape index (κ2) is 14.7. The standard InChI is InChI=1S/C37H35F6NO6/c1-2-21(14-22-8-6-7-11-30(22)46)12-13-31(47)32-23(20-50-27-9-4-3-5-10-27)15-28-33(29(32)19-45)35(49)44(34(28)48)26-17-24(36(38,39)40)16-25(18-26)37(41,42)43/h3-11,14,16-18,28-29,31,33,45-47H,2,12-13,15,19-20H2,1H3/b21-14+/t28-,29+,31-,33-/m1/s1. The number of rotatable bonds is 11. The molecule has 5 rings (SSSR count). The molecule has 13 heteroatoms. The van der Waals surface area contributed by atoms with Gasteiger partial charge in [0.05, 0.1) is 41.4 Å². The molecule has 1 saturated heterocycles. The average molecular weight is 704 g/mol. The number of carbonyl (C=O) groups excluding carboxylic acids is 2. The van der Waals surface area contributed by atoms with E-state index in [1.54, 1.807) is 54.6 Å². The summed E-state index contributed by atoms with van der Waals surface area (Å²) in [6.07, 6.45) is -9.11. The fourth-order valence-corrected chi connectivity index (χ4v) is 6.76. The Morgan fingerprint density at radius 3 is 2.14 bits per heavy atom. The molecule has 0 spiro atoms. The van der Waals surface area contributed by atoms with Gasteiger partial charge in [-0.05, 0) is 73.2 Å². The minimum Gasteiger partial charge on any atom is -0.507 e. The van der Waals surface area contributed by atoms with Crippen LogP contribution in [0.5, 0.6) is 11.5 Å². The van der Waals surface area contributed by atoms with E-state index in [4.69, 9.17) is 4.74 Å². The Morgan fingerprint density at radius 1 is 0.940 bits per heavy atom. The molecule has 3 aromatic carbocycles. The number of aliphatic hydroxyl groups is 2.